The highest BCUT2D eigenvalue weighted by molar-refractivity contribution is 7.89. The van der Waals surface area contributed by atoms with Gasteiger partial charge in [-0.15, -0.1) is 0 Å². The summed E-state index contributed by atoms with van der Waals surface area (Å²) in [6, 6.07) is 14.2. The van der Waals surface area contributed by atoms with Crippen LogP contribution in [0.15, 0.2) is 53.4 Å². The van der Waals surface area contributed by atoms with Crippen LogP contribution in [0.4, 0.5) is 5.69 Å². The Balaban J connectivity index is 1.68. The molecule has 1 fully saturated rings. The van der Waals surface area contributed by atoms with Crippen molar-refractivity contribution in [1.29, 1.82) is 0 Å². The summed E-state index contributed by atoms with van der Waals surface area (Å²) in [4.78, 5) is 14.8. The Hall–Kier alpha value is -2.38. The van der Waals surface area contributed by atoms with Crippen LogP contribution in [0.1, 0.15) is 18.4 Å². The van der Waals surface area contributed by atoms with E-state index in [0.717, 1.165) is 5.56 Å². The molecule has 2 aromatic rings. The molecule has 28 heavy (non-hydrogen) atoms. The number of rotatable bonds is 5. The van der Waals surface area contributed by atoms with Crippen LogP contribution in [0.25, 0.3) is 0 Å². The summed E-state index contributed by atoms with van der Waals surface area (Å²) in [5.74, 6) is 0.411. The highest BCUT2D eigenvalue weighted by atomic mass is 32.2. The number of piperidine rings is 1. The van der Waals surface area contributed by atoms with Gasteiger partial charge in [0.25, 0.3) is 0 Å². The van der Waals surface area contributed by atoms with Crippen LogP contribution in [0.3, 0.4) is 0 Å². The summed E-state index contributed by atoms with van der Waals surface area (Å²) >= 11 is 0. The molecular weight excluding hydrogens is 376 g/mol. The molecule has 6 nitrogen and oxygen atoms in total. The van der Waals surface area contributed by atoms with E-state index < -0.39 is 10.0 Å². The van der Waals surface area contributed by atoms with Gasteiger partial charge < -0.3 is 9.64 Å². The topological polar surface area (TPSA) is 66.9 Å². The van der Waals surface area contributed by atoms with Gasteiger partial charge in [-0.1, -0.05) is 29.8 Å². The summed E-state index contributed by atoms with van der Waals surface area (Å²) in [6.45, 7) is 2.60. The van der Waals surface area contributed by atoms with Gasteiger partial charge in [-0.25, -0.2) is 8.42 Å². The van der Waals surface area contributed by atoms with E-state index in [2.05, 4.69) is 0 Å². The molecule has 2 aromatic carbocycles. The average Bonchev–Trinajstić information content (AvgIpc) is 2.73. The first-order valence-electron chi connectivity index (χ1n) is 9.32. The molecule has 1 amide bonds. The number of hydrogen-bond donors (Lipinski definition) is 0. The third-order valence-corrected chi connectivity index (χ3v) is 7.15. The zero-order chi connectivity index (χ0) is 20.3. The van der Waals surface area contributed by atoms with Crippen LogP contribution >= 0.6 is 0 Å². The van der Waals surface area contributed by atoms with E-state index >= 15 is 0 Å². The average molecular weight is 403 g/mol. The summed E-state index contributed by atoms with van der Waals surface area (Å²) in [6.07, 6.45) is 1.01. The zero-order valence-electron chi connectivity index (χ0n) is 16.5. The quantitative estimate of drug-likeness (QED) is 0.771. The van der Waals surface area contributed by atoms with Crippen molar-refractivity contribution in [1.82, 2.24) is 4.31 Å². The lowest BCUT2D eigenvalue weighted by molar-refractivity contribution is -0.123. The number of carbonyl (C=O) groups is 1. The number of carbonyl (C=O) groups excluding carboxylic acids is 1. The fourth-order valence-electron chi connectivity index (χ4n) is 3.50. The second kappa shape index (κ2) is 8.32. The van der Waals surface area contributed by atoms with E-state index in [-0.39, 0.29) is 11.8 Å². The van der Waals surface area contributed by atoms with Crippen LogP contribution in [0, 0.1) is 12.8 Å². The number of aryl methyl sites for hydroxylation is 1. The summed E-state index contributed by atoms with van der Waals surface area (Å²) in [7, 11) is -0.216. The molecule has 1 heterocycles. The molecule has 150 valence electrons. The SMILES string of the molecule is COc1ccccc1N(C)C(=O)C1CCN(S(=O)(=O)c2ccc(C)cc2)CC1. The Morgan fingerprint density at radius 1 is 1.07 bits per heavy atom. The smallest absolute Gasteiger partial charge is 0.243 e. The standard InChI is InChI=1S/C21H26N2O4S/c1-16-8-10-18(11-9-16)28(25,26)23-14-12-17(13-15-23)21(24)22(2)19-6-4-5-7-20(19)27-3/h4-11,17H,12-15H2,1-3H3. The largest absolute Gasteiger partial charge is 0.495 e. The van der Waals surface area contributed by atoms with Crippen molar-refractivity contribution in [2.24, 2.45) is 5.92 Å². The van der Waals surface area contributed by atoms with Gasteiger partial charge in [0.05, 0.1) is 17.7 Å². The molecule has 0 atom stereocenters. The molecule has 0 bridgehead atoms. The van der Waals surface area contributed by atoms with Crippen molar-refractivity contribution in [3.8, 4) is 5.75 Å². The number of amides is 1. The third kappa shape index (κ3) is 4.05. The maximum atomic E-state index is 12.9. The van der Waals surface area contributed by atoms with Crippen molar-refractivity contribution >= 4 is 21.6 Å². The number of sulfonamides is 1. The molecule has 0 aliphatic carbocycles. The minimum Gasteiger partial charge on any atom is -0.495 e. The van der Waals surface area contributed by atoms with Crippen molar-refractivity contribution in [2.45, 2.75) is 24.7 Å². The molecule has 7 heteroatoms. The molecule has 1 saturated heterocycles. The molecule has 0 saturated carbocycles. The van der Waals surface area contributed by atoms with Crippen molar-refractivity contribution in [3.05, 3.63) is 54.1 Å². The van der Waals surface area contributed by atoms with Gasteiger partial charge in [0.1, 0.15) is 5.75 Å². The summed E-state index contributed by atoms with van der Waals surface area (Å²) < 4.78 is 32.5. The Labute approximate surface area is 166 Å². The van der Waals surface area contributed by atoms with Gasteiger partial charge in [-0.3, -0.25) is 4.79 Å². The van der Waals surface area contributed by atoms with Gasteiger partial charge in [-0.05, 0) is 44.0 Å². The fraction of sp³-hybridized carbons (Fsp3) is 0.381. The lowest BCUT2D eigenvalue weighted by Crippen LogP contribution is -2.43. The fourth-order valence-corrected chi connectivity index (χ4v) is 4.97. The monoisotopic (exact) mass is 402 g/mol. The van der Waals surface area contributed by atoms with Crippen LogP contribution < -0.4 is 9.64 Å². The van der Waals surface area contributed by atoms with Gasteiger partial charge in [-0.2, -0.15) is 4.31 Å². The predicted molar refractivity (Wildman–Crippen MR) is 109 cm³/mol. The Morgan fingerprint density at radius 2 is 1.68 bits per heavy atom. The van der Waals surface area contributed by atoms with Crippen LogP contribution in [-0.2, 0) is 14.8 Å². The number of anilines is 1. The third-order valence-electron chi connectivity index (χ3n) is 5.24. The van der Waals surface area contributed by atoms with Gasteiger partial charge in [0, 0.05) is 26.1 Å². The first kappa shape index (κ1) is 20.4. The Morgan fingerprint density at radius 3 is 2.29 bits per heavy atom. The maximum absolute atomic E-state index is 12.9. The van der Waals surface area contributed by atoms with Crippen molar-refractivity contribution in [2.75, 3.05) is 32.1 Å². The first-order chi connectivity index (χ1) is 13.3. The number of para-hydroxylation sites is 2. The van der Waals surface area contributed by atoms with E-state index in [1.807, 2.05) is 31.2 Å². The predicted octanol–water partition coefficient (Wildman–Crippen LogP) is 3.07. The lowest BCUT2D eigenvalue weighted by atomic mass is 9.96. The highest BCUT2D eigenvalue weighted by Crippen LogP contribution is 2.30. The van der Waals surface area contributed by atoms with E-state index in [4.69, 9.17) is 4.74 Å². The van der Waals surface area contributed by atoms with E-state index in [9.17, 15) is 13.2 Å². The summed E-state index contributed by atoms with van der Waals surface area (Å²) in [5.41, 5.74) is 1.73. The minimum atomic E-state index is -3.52. The molecule has 1 aliphatic heterocycles. The van der Waals surface area contributed by atoms with Gasteiger partial charge in [0.2, 0.25) is 15.9 Å². The molecule has 1 aliphatic rings. The molecule has 0 aromatic heterocycles. The number of nitrogens with zero attached hydrogens (tertiary/aromatic N) is 2. The second-order valence-corrected chi connectivity index (χ2v) is 9.00. The Bertz CT molecular complexity index is 933. The van der Waals surface area contributed by atoms with Crippen molar-refractivity contribution in [3.63, 3.8) is 0 Å². The first-order valence-corrected chi connectivity index (χ1v) is 10.8. The maximum Gasteiger partial charge on any atom is 0.243 e. The second-order valence-electron chi connectivity index (χ2n) is 7.06. The zero-order valence-corrected chi connectivity index (χ0v) is 17.3. The van der Waals surface area contributed by atoms with E-state index in [1.54, 1.807) is 43.3 Å². The lowest BCUT2D eigenvalue weighted by Gasteiger charge is -2.32. The van der Waals surface area contributed by atoms with Gasteiger partial charge in [0.15, 0.2) is 0 Å². The number of benzene rings is 2. The molecular formula is C21H26N2O4S. The molecule has 0 N–H and O–H groups in total. The number of hydrogen-bond acceptors (Lipinski definition) is 4. The molecule has 0 radical (unpaired) electrons. The number of methoxy groups -OCH3 is 1. The highest BCUT2D eigenvalue weighted by Gasteiger charge is 2.33. The van der Waals surface area contributed by atoms with E-state index in [1.165, 1.54) is 4.31 Å². The van der Waals surface area contributed by atoms with E-state index in [0.29, 0.717) is 42.3 Å². The normalized spacial score (nSPS) is 16.0. The van der Waals surface area contributed by atoms with Gasteiger partial charge >= 0.3 is 0 Å². The minimum absolute atomic E-state index is 0.0168. The van der Waals surface area contributed by atoms with Crippen molar-refractivity contribution < 1.29 is 17.9 Å². The van der Waals surface area contributed by atoms with Crippen LogP contribution in [0.5, 0.6) is 5.75 Å². The van der Waals surface area contributed by atoms with Crippen LogP contribution in [0.2, 0.25) is 0 Å². The summed E-state index contributed by atoms with van der Waals surface area (Å²) in [5, 5.41) is 0. The molecule has 0 unspecified atom stereocenters. The van der Waals surface area contributed by atoms with Crippen LogP contribution in [-0.4, -0.2) is 45.9 Å². The molecule has 3 rings (SSSR count). The number of ether oxygens (including phenoxy) is 1. The molecule has 0 spiro atoms. The Kier molecular flexibility index (Phi) is 6.05.